The van der Waals surface area contributed by atoms with E-state index in [1.165, 1.54) is 19.3 Å². The number of terminal acetylenes is 1. The van der Waals surface area contributed by atoms with Crippen LogP contribution in [0.15, 0.2) is 35.3 Å². The molecule has 13 heteroatoms. The number of fused-ring (bicyclic) bond motifs is 1. The summed E-state index contributed by atoms with van der Waals surface area (Å²) < 4.78 is 78.8. The largest absolute Gasteiger partial charge is 0.419 e. The van der Waals surface area contributed by atoms with Gasteiger partial charge in [0.25, 0.3) is 5.56 Å². The predicted molar refractivity (Wildman–Crippen MR) is 122 cm³/mol. The third-order valence-corrected chi connectivity index (χ3v) is 7.29. The average Bonchev–Trinajstić information content (AvgIpc) is 2.80. The SMILES string of the molecule is C#C[C@@H](Nc1nn(C)c(=O)c2cnc(N3CCS(=O)(=O)CC3)cc12)c1cccc(C(F)(F)F)c1F. The second kappa shape index (κ2) is 8.84. The van der Waals surface area contributed by atoms with Crippen LogP contribution in [0.1, 0.15) is 17.2 Å². The van der Waals surface area contributed by atoms with Crippen LogP contribution in [-0.4, -0.2) is 47.8 Å². The fourth-order valence-electron chi connectivity index (χ4n) is 3.79. The Labute approximate surface area is 197 Å². The maximum absolute atomic E-state index is 14.7. The molecule has 0 saturated carbocycles. The van der Waals surface area contributed by atoms with Crippen molar-refractivity contribution in [1.29, 1.82) is 0 Å². The minimum atomic E-state index is -4.91. The van der Waals surface area contributed by atoms with Gasteiger partial charge in [0, 0.05) is 37.3 Å². The van der Waals surface area contributed by atoms with Crippen LogP contribution < -0.4 is 15.8 Å². The fraction of sp³-hybridized carbons (Fsp3) is 0.318. The molecule has 1 aliphatic rings. The molecule has 1 aliphatic heterocycles. The van der Waals surface area contributed by atoms with Gasteiger partial charge in [-0.3, -0.25) is 4.79 Å². The van der Waals surface area contributed by atoms with Crippen LogP contribution in [0.2, 0.25) is 0 Å². The van der Waals surface area contributed by atoms with Gasteiger partial charge in [-0.25, -0.2) is 22.5 Å². The van der Waals surface area contributed by atoms with Crippen molar-refractivity contribution in [2.75, 3.05) is 34.8 Å². The van der Waals surface area contributed by atoms with Gasteiger partial charge in [0.1, 0.15) is 17.7 Å². The normalized spacial score (nSPS) is 16.6. The van der Waals surface area contributed by atoms with E-state index in [9.17, 15) is 30.8 Å². The fourth-order valence-corrected chi connectivity index (χ4v) is 4.99. The quantitative estimate of drug-likeness (QED) is 0.427. The highest BCUT2D eigenvalue weighted by Crippen LogP contribution is 2.35. The highest BCUT2D eigenvalue weighted by Gasteiger charge is 2.35. The molecule has 0 unspecified atom stereocenters. The molecule has 1 saturated heterocycles. The van der Waals surface area contributed by atoms with Crippen LogP contribution in [0, 0.1) is 18.2 Å². The first-order chi connectivity index (χ1) is 16.4. The zero-order chi connectivity index (χ0) is 25.5. The van der Waals surface area contributed by atoms with Gasteiger partial charge in [-0.15, -0.1) is 6.42 Å². The van der Waals surface area contributed by atoms with E-state index in [0.717, 1.165) is 16.8 Å². The van der Waals surface area contributed by atoms with E-state index in [1.807, 2.05) is 0 Å². The molecule has 2 aromatic heterocycles. The number of hydrogen-bond donors (Lipinski definition) is 1. The number of anilines is 2. The number of rotatable bonds is 4. The van der Waals surface area contributed by atoms with E-state index in [-0.39, 0.29) is 41.2 Å². The van der Waals surface area contributed by atoms with Crippen molar-refractivity contribution in [1.82, 2.24) is 14.8 Å². The summed E-state index contributed by atoms with van der Waals surface area (Å²) in [5, 5.41) is 7.28. The molecule has 184 valence electrons. The van der Waals surface area contributed by atoms with Crippen molar-refractivity contribution in [3.05, 3.63) is 57.8 Å². The maximum atomic E-state index is 14.7. The Morgan fingerprint density at radius 3 is 2.51 bits per heavy atom. The first-order valence-corrected chi connectivity index (χ1v) is 12.1. The smallest absolute Gasteiger partial charge is 0.355 e. The summed E-state index contributed by atoms with van der Waals surface area (Å²) in [7, 11) is -1.77. The van der Waals surface area contributed by atoms with Gasteiger partial charge in [-0.1, -0.05) is 18.1 Å². The summed E-state index contributed by atoms with van der Waals surface area (Å²) in [6.07, 6.45) is 1.92. The van der Waals surface area contributed by atoms with E-state index >= 15 is 0 Å². The van der Waals surface area contributed by atoms with Gasteiger partial charge in [0.2, 0.25) is 0 Å². The molecule has 4 rings (SSSR count). The number of hydrogen-bond acceptors (Lipinski definition) is 7. The molecule has 0 radical (unpaired) electrons. The lowest BCUT2D eigenvalue weighted by atomic mass is 10.0. The summed E-state index contributed by atoms with van der Waals surface area (Å²) in [6, 6.07) is 2.96. The van der Waals surface area contributed by atoms with Gasteiger partial charge < -0.3 is 10.2 Å². The zero-order valence-electron chi connectivity index (χ0n) is 18.3. The topological polar surface area (TPSA) is 97.2 Å². The molecule has 1 atom stereocenters. The number of nitrogens with zero attached hydrogens (tertiary/aromatic N) is 4. The number of alkyl halides is 3. The molecule has 35 heavy (non-hydrogen) atoms. The van der Waals surface area contributed by atoms with Crippen molar-refractivity contribution < 1.29 is 26.0 Å². The molecule has 8 nitrogen and oxygen atoms in total. The number of sulfone groups is 1. The lowest BCUT2D eigenvalue weighted by Crippen LogP contribution is -2.40. The Bertz CT molecular complexity index is 1500. The van der Waals surface area contributed by atoms with E-state index in [2.05, 4.69) is 21.3 Å². The highest BCUT2D eigenvalue weighted by atomic mass is 32.2. The minimum Gasteiger partial charge on any atom is -0.355 e. The monoisotopic (exact) mass is 509 g/mol. The third-order valence-electron chi connectivity index (χ3n) is 5.68. The molecule has 0 amide bonds. The third kappa shape index (κ3) is 4.79. The molecule has 3 aromatic rings. The Morgan fingerprint density at radius 2 is 1.89 bits per heavy atom. The van der Waals surface area contributed by atoms with Gasteiger partial charge in [-0.05, 0) is 12.1 Å². The van der Waals surface area contributed by atoms with Crippen LogP contribution in [0.25, 0.3) is 10.8 Å². The Hall–Kier alpha value is -3.66. The highest BCUT2D eigenvalue weighted by molar-refractivity contribution is 7.91. The van der Waals surface area contributed by atoms with Crippen LogP contribution in [0.4, 0.5) is 29.2 Å². The van der Waals surface area contributed by atoms with Crippen molar-refractivity contribution in [2.24, 2.45) is 7.05 Å². The van der Waals surface area contributed by atoms with E-state index in [1.54, 1.807) is 4.90 Å². The van der Waals surface area contributed by atoms with Crippen molar-refractivity contribution >= 4 is 32.2 Å². The molecule has 1 fully saturated rings. The van der Waals surface area contributed by atoms with Gasteiger partial charge in [-0.2, -0.15) is 18.3 Å². The van der Waals surface area contributed by atoms with Gasteiger partial charge in [0.15, 0.2) is 15.7 Å². The lowest BCUT2D eigenvalue weighted by Gasteiger charge is -2.28. The second-order valence-electron chi connectivity index (χ2n) is 7.95. The zero-order valence-corrected chi connectivity index (χ0v) is 19.1. The van der Waals surface area contributed by atoms with E-state index in [4.69, 9.17) is 6.42 Å². The Kier molecular flexibility index (Phi) is 6.18. The standard InChI is InChI=1S/C22H19F4N5O3S/c1-3-17(13-5-4-6-16(19(13)23)22(24,25)26)28-20-14-11-18(31-7-9-35(33,34)10-8-31)27-12-15(14)21(32)30(2)29-20/h1,4-6,11-12,17H,7-10H2,2H3,(H,28,29)/t17-/m1/s1. The van der Waals surface area contributed by atoms with Crippen LogP contribution in [0.3, 0.4) is 0 Å². The molecular weight excluding hydrogens is 490 g/mol. The Morgan fingerprint density at radius 1 is 1.20 bits per heavy atom. The summed E-state index contributed by atoms with van der Waals surface area (Å²) in [4.78, 5) is 18.6. The summed E-state index contributed by atoms with van der Waals surface area (Å²) in [5.41, 5.74) is -2.36. The number of halogens is 4. The van der Waals surface area contributed by atoms with Crippen LogP contribution in [0.5, 0.6) is 0 Å². The van der Waals surface area contributed by atoms with Crippen molar-refractivity contribution in [3.8, 4) is 12.3 Å². The van der Waals surface area contributed by atoms with E-state index < -0.39 is 44.6 Å². The van der Waals surface area contributed by atoms with E-state index in [0.29, 0.717) is 11.9 Å². The Balaban J connectivity index is 1.78. The predicted octanol–water partition coefficient (Wildman–Crippen LogP) is 2.51. The molecule has 0 bridgehead atoms. The summed E-state index contributed by atoms with van der Waals surface area (Å²) >= 11 is 0. The molecule has 0 aliphatic carbocycles. The number of aromatic nitrogens is 3. The van der Waals surface area contributed by atoms with Crippen molar-refractivity contribution in [3.63, 3.8) is 0 Å². The summed E-state index contributed by atoms with van der Waals surface area (Å²) in [5.74, 6) is 1.02. The maximum Gasteiger partial charge on any atom is 0.419 e. The van der Waals surface area contributed by atoms with Gasteiger partial charge in [0.05, 0.1) is 22.5 Å². The number of aryl methyl sites for hydroxylation is 1. The second-order valence-corrected chi connectivity index (χ2v) is 10.3. The molecular formula is C22H19F4N5O3S. The van der Waals surface area contributed by atoms with Crippen LogP contribution >= 0.6 is 0 Å². The lowest BCUT2D eigenvalue weighted by molar-refractivity contribution is -0.140. The number of benzene rings is 1. The summed E-state index contributed by atoms with van der Waals surface area (Å²) in [6.45, 7) is 0.397. The first-order valence-electron chi connectivity index (χ1n) is 10.3. The molecule has 1 N–H and O–H groups in total. The average molecular weight is 509 g/mol. The molecule has 0 spiro atoms. The molecule has 3 heterocycles. The van der Waals surface area contributed by atoms with Crippen LogP contribution in [-0.2, 0) is 23.1 Å². The van der Waals surface area contributed by atoms with Gasteiger partial charge >= 0.3 is 6.18 Å². The first kappa shape index (κ1) is 24.5. The van der Waals surface area contributed by atoms with Crippen molar-refractivity contribution in [2.45, 2.75) is 12.2 Å². The minimum absolute atomic E-state index is 0.0233. The number of nitrogens with one attached hydrogen (secondary N) is 1. The number of pyridine rings is 1. The molecule has 1 aromatic carbocycles.